The second-order valence-electron chi connectivity index (χ2n) is 5.99. The van der Waals surface area contributed by atoms with Gasteiger partial charge in [0, 0.05) is 32.2 Å². The van der Waals surface area contributed by atoms with Crippen LogP contribution in [0.4, 0.5) is 0 Å². The second-order valence-corrected chi connectivity index (χ2v) is 5.99. The zero-order valence-electron chi connectivity index (χ0n) is 13.2. The Balaban J connectivity index is 1.57. The lowest BCUT2D eigenvalue weighted by Crippen LogP contribution is -2.44. The highest BCUT2D eigenvalue weighted by molar-refractivity contribution is 5.78. The van der Waals surface area contributed by atoms with Crippen LogP contribution in [0.25, 0.3) is 0 Å². The average Bonchev–Trinajstić information content (AvgIpc) is 2.86. The number of nitrogens with zero attached hydrogens (tertiary/aromatic N) is 3. The van der Waals surface area contributed by atoms with Crippen LogP contribution in [0.2, 0.25) is 0 Å². The third-order valence-electron chi connectivity index (χ3n) is 4.49. The van der Waals surface area contributed by atoms with Crippen molar-refractivity contribution in [2.45, 2.75) is 38.3 Å². The molecular weight excluding hydrogens is 282 g/mol. The van der Waals surface area contributed by atoms with Crippen LogP contribution in [0.15, 0.2) is 18.2 Å². The second kappa shape index (κ2) is 6.22. The first-order chi connectivity index (χ1) is 10.6. The van der Waals surface area contributed by atoms with Gasteiger partial charge >= 0.3 is 0 Å². The van der Waals surface area contributed by atoms with E-state index in [1.165, 1.54) is 5.06 Å². The van der Waals surface area contributed by atoms with E-state index in [0.717, 1.165) is 38.2 Å². The number of piperidine rings is 1. The smallest absolute Gasteiger partial charge is 0.249 e. The molecule has 2 saturated heterocycles. The number of aromatic nitrogens is 1. The summed E-state index contributed by atoms with van der Waals surface area (Å²) in [5.41, 5.74) is 0.736. The van der Waals surface area contributed by atoms with Gasteiger partial charge in [0.25, 0.3) is 0 Å². The van der Waals surface area contributed by atoms with Crippen LogP contribution in [0, 0.1) is 0 Å². The predicted octanol–water partition coefficient (Wildman–Crippen LogP) is 1.61. The topological polar surface area (TPSA) is 54.9 Å². The Bertz CT molecular complexity index is 541. The minimum Gasteiger partial charge on any atom is -0.481 e. The first kappa shape index (κ1) is 15.2. The molecule has 3 rings (SSSR count). The number of likely N-dealkylation sites (tertiary alicyclic amines) is 1. The van der Waals surface area contributed by atoms with Gasteiger partial charge in [0.05, 0.1) is 19.2 Å². The molecule has 6 nitrogen and oxygen atoms in total. The van der Waals surface area contributed by atoms with Crippen LogP contribution < -0.4 is 4.74 Å². The fraction of sp³-hybridized carbons (Fsp3) is 0.625. The molecule has 0 radical (unpaired) electrons. The first-order valence-corrected chi connectivity index (χ1v) is 7.86. The van der Waals surface area contributed by atoms with Crippen molar-refractivity contribution in [3.63, 3.8) is 0 Å². The van der Waals surface area contributed by atoms with Crippen molar-refractivity contribution < 1.29 is 14.4 Å². The van der Waals surface area contributed by atoms with Crippen molar-refractivity contribution in [3.05, 3.63) is 23.9 Å². The quantitative estimate of drug-likeness (QED) is 0.846. The summed E-state index contributed by atoms with van der Waals surface area (Å²) >= 11 is 0. The molecule has 2 aliphatic rings. The molecule has 0 aliphatic carbocycles. The number of methoxy groups -OCH3 is 1. The zero-order chi connectivity index (χ0) is 15.6. The molecule has 0 atom stereocenters. The summed E-state index contributed by atoms with van der Waals surface area (Å²) < 4.78 is 5.16. The van der Waals surface area contributed by atoms with Crippen LogP contribution in [-0.4, -0.2) is 53.2 Å². The Morgan fingerprint density at radius 1 is 1.36 bits per heavy atom. The average molecular weight is 305 g/mol. The maximum atomic E-state index is 11.9. The SMILES string of the molecule is CCN1OC2(CCN(Cc3cccc(OC)n3)CC2)CC1=O. The molecule has 22 heavy (non-hydrogen) atoms. The van der Waals surface area contributed by atoms with Gasteiger partial charge in [-0.05, 0) is 25.8 Å². The summed E-state index contributed by atoms with van der Waals surface area (Å²) in [5, 5.41) is 1.51. The highest BCUT2D eigenvalue weighted by Gasteiger charge is 2.46. The fourth-order valence-electron chi connectivity index (χ4n) is 3.20. The summed E-state index contributed by atoms with van der Waals surface area (Å²) in [6.07, 6.45) is 2.30. The van der Waals surface area contributed by atoms with E-state index >= 15 is 0 Å². The molecule has 1 aromatic heterocycles. The molecule has 1 spiro atoms. The molecule has 120 valence electrons. The van der Waals surface area contributed by atoms with Gasteiger partial charge in [-0.2, -0.15) is 0 Å². The van der Waals surface area contributed by atoms with Crippen molar-refractivity contribution in [3.8, 4) is 5.88 Å². The van der Waals surface area contributed by atoms with Crippen LogP contribution in [0.5, 0.6) is 5.88 Å². The first-order valence-electron chi connectivity index (χ1n) is 7.86. The molecule has 2 aliphatic heterocycles. The molecule has 0 saturated carbocycles. The van der Waals surface area contributed by atoms with Crippen LogP contribution >= 0.6 is 0 Å². The van der Waals surface area contributed by atoms with Gasteiger partial charge in [-0.3, -0.25) is 14.5 Å². The number of carbonyl (C=O) groups is 1. The van der Waals surface area contributed by atoms with Gasteiger partial charge in [-0.15, -0.1) is 0 Å². The summed E-state index contributed by atoms with van der Waals surface area (Å²) in [5.74, 6) is 0.764. The van der Waals surface area contributed by atoms with Gasteiger partial charge < -0.3 is 4.74 Å². The molecular formula is C16H23N3O3. The monoisotopic (exact) mass is 305 g/mol. The van der Waals surface area contributed by atoms with E-state index in [-0.39, 0.29) is 11.5 Å². The summed E-state index contributed by atoms with van der Waals surface area (Å²) in [6.45, 7) is 5.21. The van der Waals surface area contributed by atoms with Gasteiger partial charge in [-0.25, -0.2) is 10.0 Å². The zero-order valence-corrected chi connectivity index (χ0v) is 13.2. The number of hydroxylamine groups is 2. The Morgan fingerprint density at radius 3 is 2.77 bits per heavy atom. The largest absolute Gasteiger partial charge is 0.481 e. The van der Waals surface area contributed by atoms with E-state index in [1.54, 1.807) is 7.11 Å². The molecule has 0 bridgehead atoms. The maximum absolute atomic E-state index is 11.9. The maximum Gasteiger partial charge on any atom is 0.249 e. The highest BCUT2D eigenvalue weighted by atomic mass is 16.7. The van der Waals surface area contributed by atoms with Crippen molar-refractivity contribution in [1.29, 1.82) is 0 Å². The van der Waals surface area contributed by atoms with Crippen LogP contribution in [0.1, 0.15) is 31.9 Å². The van der Waals surface area contributed by atoms with E-state index in [1.807, 2.05) is 25.1 Å². The number of rotatable bonds is 4. The van der Waals surface area contributed by atoms with Crippen LogP contribution in [0.3, 0.4) is 0 Å². The standard InChI is InChI=1S/C16H23N3O3/c1-3-19-15(20)11-16(22-19)7-9-18(10-8-16)12-13-5-4-6-14(17-13)21-2/h4-6H,3,7-12H2,1-2H3. The summed E-state index contributed by atoms with van der Waals surface area (Å²) in [7, 11) is 1.63. The normalized spacial score (nSPS) is 21.5. The van der Waals surface area contributed by atoms with E-state index in [0.29, 0.717) is 18.8 Å². The van der Waals surface area contributed by atoms with Gasteiger partial charge in [0.1, 0.15) is 5.60 Å². The van der Waals surface area contributed by atoms with Crippen molar-refractivity contribution >= 4 is 5.91 Å². The van der Waals surface area contributed by atoms with Gasteiger partial charge in [-0.1, -0.05) is 6.07 Å². The molecule has 1 amide bonds. The number of hydrogen-bond acceptors (Lipinski definition) is 5. The fourth-order valence-corrected chi connectivity index (χ4v) is 3.20. The number of hydrogen-bond donors (Lipinski definition) is 0. The third kappa shape index (κ3) is 3.08. The van der Waals surface area contributed by atoms with Gasteiger partial charge in [0.15, 0.2) is 0 Å². The van der Waals surface area contributed by atoms with Crippen molar-refractivity contribution in [2.24, 2.45) is 0 Å². The Morgan fingerprint density at radius 2 is 2.14 bits per heavy atom. The Hall–Kier alpha value is -1.66. The molecule has 1 aromatic rings. The number of ether oxygens (including phenoxy) is 1. The molecule has 3 heterocycles. The molecule has 0 unspecified atom stereocenters. The highest BCUT2D eigenvalue weighted by Crippen LogP contribution is 2.36. The van der Waals surface area contributed by atoms with Crippen molar-refractivity contribution in [1.82, 2.24) is 14.9 Å². The number of amides is 1. The summed E-state index contributed by atoms with van der Waals surface area (Å²) in [6, 6.07) is 5.83. The van der Waals surface area contributed by atoms with E-state index < -0.39 is 0 Å². The van der Waals surface area contributed by atoms with E-state index in [4.69, 9.17) is 9.57 Å². The van der Waals surface area contributed by atoms with Gasteiger partial charge in [0.2, 0.25) is 11.8 Å². The third-order valence-corrected chi connectivity index (χ3v) is 4.49. The van der Waals surface area contributed by atoms with Crippen LogP contribution in [-0.2, 0) is 16.2 Å². The summed E-state index contributed by atoms with van der Waals surface area (Å²) in [4.78, 5) is 24.6. The molecule has 0 aromatic carbocycles. The molecule has 0 N–H and O–H groups in total. The minimum atomic E-state index is -0.272. The lowest BCUT2D eigenvalue weighted by molar-refractivity contribution is -0.208. The van der Waals surface area contributed by atoms with E-state index in [9.17, 15) is 4.79 Å². The minimum absolute atomic E-state index is 0.116. The lowest BCUT2D eigenvalue weighted by atomic mass is 9.88. The number of pyridine rings is 1. The van der Waals surface area contributed by atoms with E-state index in [2.05, 4.69) is 9.88 Å². The Labute approximate surface area is 131 Å². The van der Waals surface area contributed by atoms with Crippen molar-refractivity contribution in [2.75, 3.05) is 26.7 Å². The lowest BCUT2D eigenvalue weighted by Gasteiger charge is -2.37. The Kier molecular flexibility index (Phi) is 4.31. The molecule has 2 fully saturated rings. The predicted molar refractivity (Wildman–Crippen MR) is 81.1 cm³/mol. The number of carbonyl (C=O) groups excluding carboxylic acids is 1. The molecule has 6 heteroatoms.